The molecule has 2 heterocycles. The summed E-state index contributed by atoms with van der Waals surface area (Å²) in [6, 6.07) is 21.7. The Hall–Kier alpha value is -2.98. The number of hydrogen-bond acceptors (Lipinski definition) is 6. The number of nitrogens with zero attached hydrogens (tertiary/aromatic N) is 4. The maximum Gasteiger partial charge on any atom is 0.264 e. The van der Waals surface area contributed by atoms with E-state index in [1.165, 1.54) is 27.8 Å². The van der Waals surface area contributed by atoms with Crippen molar-refractivity contribution in [3.63, 3.8) is 0 Å². The van der Waals surface area contributed by atoms with E-state index in [0.29, 0.717) is 30.2 Å². The summed E-state index contributed by atoms with van der Waals surface area (Å²) in [5.41, 5.74) is 3.04. The summed E-state index contributed by atoms with van der Waals surface area (Å²) in [5, 5.41) is 0.642. The van der Waals surface area contributed by atoms with Gasteiger partial charge < -0.3 is 4.90 Å². The van der Waals surface area contributed by atoms with E-state index in [2.05, 4.69) is 18.7 Å². The van der Waals surface area contributed by atoms with Crippen LogP contribution >= 0.6 is 23.7 Å². The van der Waals surface area contributed by atoms with Crippen molar-refractivity contribution in [3.8, 4) is 0 Å². The third-order valence-corrected chi connectivity index (χ3v) is 9.71. The molecule has 0 aliphatic carbocycles. The van der Waals surface area contributed by atoms with Crippen molar-refractivity contribution in [2.24, 2.45) is 0 Å². The minimum Gasteiger partial charge on any atom is -0.302 e. The molecule has 1 aromatic heterocycles. The van der Waals surface area contributed by atoms with Crippen LogP contribution in [0.5, 0.6) is 0 Å². The fraction of sp³-hybridized carbons (Fsp3) is 0.286. The summed E-state index contributed by atoms with van der Waals surface area (Å²) in [7, 11) is -3.72. The zero-order valence-electron chi connectivity index (χ0n) is 21.4. The van der Waals surface area contributed by atoms with Crippen molar-refractivity contribution >= 4 is 60.7 Å². The van der Waals surface area contributed by atoms with E-state index < -0.39 is 10.0 Å². The molecule has 7 nitrogen and oxygen atoms in total. The van der Waals surface area contributed by atoms with E-state index in [9.17, 15) is 13.2 Å². The Kier molecular flexibility index (Phi) is 8.72. The van der Waals surface area contributed by atoms with E-state index >= 15 is 0 Å². The molecular weight excluding hydrogens is 540 g/mol. The minimum atomic E-state index is -3.72. The second-order valence-electron chi connectivity index (χ2n) is 8.93. The average Bonchev–Trinajstić information content (AvgIpc) is 3.56. The van der Waals surface area contributed by atoms with Crippen LogP contribution in [0.2, 0.25) is 0 Å². The lowest BCUT2D eigenvalue weighted by Crippen LogP contribution is -2.39. The topological polar surface area (TPSA) is 73.8 Å². The third-order valence-electron chi connectivity index (χ3n) is 6.83. The molecule has 0 unspecified atom stereocenters. The van der Waals surface area contributed by atoms with Gasteiger partial charge in [-0.1, -0.05) is 55.5 Å². The molecule has 0 spiro atoms. The molecule has 0 radical (unpaired) electrons. The Morgan fingerprint density at radius 1 is 0.947 bits per heavy atom. The standard InChI is InChI=1S/C28H30N4O3S2.ClH/c1-3-30(4-2)19-20-31(28-29-24-10-6-8-12-26(24)36-28)27(33)22-13-15-23(16-14-22)37(34,35)32-18-17-21-9-5-7-11-25(21)32;/h5-16H,3-4,17-20H2,1-2H3;1H. The summed E-state index contributed by atoms with van der Waals surface area (Å²) >= 11 is 1.49. The first-order valence-corrected chi connectivity index (χ1v) is 14.8. The number of carbonyl (C=O) groups excluding carboxylic acids is 1. The summed E-state index contributed by atoms with van der Waals surface area (Å²) in [4.78, 5) is 22.6. The summed E-state index contributed by atoms with van der Waals surface area (Å²) in [6.45, 7) is 7.62. The number of aromatic nitrogens is 1. The van der Waals surface area contributed by atoms with Gasteiger partial charge in [0.1, 0.15) is 0 Å². The van der Waals surface area contributed by atoms with Gasteiger partial charge in [0, 0.05) is 25.2 Å². The SMILES string of the molecule is CCN(CC)CCN(C(=O)c1ccc(S(=O)(=O)N2CCc3ccccc32)cc1)c1nc2ccccc2s1.Cl. The number of para-hydroxylation sites is 2. The molecule has 1 aliphatic heterocycles. The minimum absolute atomic E-state index is 0. The number of carbonyl (C=O) groups is 1. The van der Waals surface area contributed by atoms with Crippen molar-refractivity contribution in [1.29, 1.82) is 0 Å². The van der Waals surface area contributed by atoms with Crippen LogP contribution in [-0.2, 0) is 16.4 Å². The lowest BCUT2D eigenvalue weighted by atomic mass is 10.2. The monoisotopic (exact) mass is 570 g/mol. The molecular formula is C28H31ClN4O3S2. The van der Waals surface area contributed by atoms with Crippen molar-refractivity contribution < 1.29 is 13.2 Å². The van der Waals surface area contributed by atoms with Gasteiger partial charge in [0.15, 0.2) is 5.13 Å². The smallest absolute Gasteiger partial charge is 0.264 e. The highest BCUT2D eigenvalue weighted by Crippen LogP contribution is 2.33. The van der Waals surface area contributed by atoms with Gasteiger partial charge in [0.2, 0.25) is 0 Å². The lowest BCUT2D eigenvalue weighted by Gasteiger charge is -2.25. The molecule has 0 saturated carbocycles. The Bertz CT molecular complexity index is 1490. The zero-order chi connectivity index (χ0) is 26.0. The molecule has 1 aliphatic rings. The molecule has 1 amide bonds. The van der Waals surface area contributed by atoms with Gasteiger partial charge >= 0.3 is 0 Å². The molecule has 200 valence electrons. The van der Waals surface area contributed by atoms with Crippen LogP contribution < -0.4 is 9.21 Å². The molecule has 5 rings (SSSR count). The molecule has 0 saturated heterocycles. The molecule has 3 aromatic carbocycles. The summed E-state index contributed by atoms with van der Waals surface area (Å²) < 4.78 is 29.3. The van der Waals surface area contributed by atoms with E-state index in [-0.39, 0.29) is 23.2 Å². The predicted molar refractivity (Wildman–Crippen MR) is 157 cm³/mol. The predicted octanol–water partition coefficient (Wildman–Crippen LogP) is 5.46. The van der Waals surface area contributed by atoms with Crippen LogP contribution in [0.25, 0.3) is 10.2 Å². The Labute approximate surface area is 234 Å². The highest BCUT2D eigenvalue weighted by atomic mass is 35.5. The van der Waals surface area contributed by atoms with Gasteiger partial charge in [0.05, 0.1) is 20.8 Å². The fourth-order valence-electron chi connectivity index (χ4n) is 4.65. The van der Waals surface area contributed by atoms with Crippen LogP contribution in [0, 0.1) is 0 Å². The first kappa shape index (κ1) is 28.0. The molecule has 0 fully saturated rings. The molecule has 4 aromatic rings. The van der Waals surface area contributed by atoms with Crippen molar-refractivity contribution in [1.82, 2.24) is 9.88 Å². The summed E-state index contributed by atoms with van der Waals surface area (Å²) in [6.07, 6.45) is 0.690. The molecule has 0 atom stereocenters. The zero-order valence-corrected chi connectivity index (χ0v) is 23.9. The van der Waals surface area contributed by atoms with Crippen LogP contribution in [-0.4, -0.2) is 56.9 Å². The van der Waals surface area contributed by atoms with Crippen LogP contribution in [0.1, 0.15) is 29.8 Å². The van der Waals surface area contributed by atoms with Crippen molar-refractivity contribution in [2.45, 2.75) is 25.2 Å². The molecule has 0 N–H and O–H groups in total. The summed E-state index contributed by atoms with van der Waals surface area (Å²) in [5.74, 6) is -0.193. The Balaban J connectivity index is 0.00000336. The first-order chi connectivity index (χ1) is 17.9. The Morgan fingerprint density at radius 3 is 2.34 bits per heavy atom. The number of rotatable bonds is 9. The number of benzene rings is 3. The number of anilines is 2. The highest BCUT2D eigenvalue weighted by Gasteiger charge is 2.31. The maximum absolute atomic E-state index is 13.7. The van der Waals surface area contributed by atoms with E-state index in [1.54, 1.807) is 17.0 Å². The van der Waals surface area contributed by atoms with Crippen LogP contribution in [0.3, 0.4) is 0 Å². The average molecular weight is 571 g/mol. The number of thiazole rings is 1. The first-order valence-electron chi connectivity index (χ1n) is 12.5. The van der Waals surface area contributed by atoms with E-state index in [4.69, 9.17) is 4.98 Å². The number of amides is 1. The van der Waals surface area contributed by atoms with Crippen LogP contribution in [0.4, 0.5) is 10.8 Å². The fourth-order valence-corrected chi connectivity index (χ4v) is 7.14. The lowest BCUT2D eigenvalue weighted by molar-refractivity contribution is 0.0983. The van der Waals surface area contributed by atoms with Gasteiger partial charge in [-0.05, 0) is 67.5 Å². The quantitative estimate of drug-likeness (QED) is 0.267. The second kappa shape index (κ2) is 11.8. The largest absolute Gasteiger partial charge is 0.302 e. The number of halogens is 1. The number of likely N-dealkylation sites (N-methyl/N-ethyl adjacent to an activating group) is 1. The van der Waals surface area contributed by atoms with E-state index in [1.807, 2.05) is 48.5 Å². The molecule has 38 heavy (non-hydrogen) atoms. The van der Waals surface area contributed by atoms with Gasteiger partial charge in [-0.3, -0.25) is 14.0 Å². The van der Waals surface area contributed by atoms with Crippen LogP contribution in [0.15, 0.2) is 77.7 Å². The molecule has 10 heteroatoms. The highest BCUT2D eigenvalue weighted by molar-refractivity contribution is 7.92. The second-order valence-corrected chi connectivity index (χ2v) is 11.8. The number of hydrogen-bond donors (Lipinski definition) is 0. The molecule has 0 bridgehead atoms. The maximum atomic E-state index is 13.7. The number of fused-ring (bicyclic) bond motifs is 2. The number of sulfonamides is 1. The van der Waals surface area contributed by atoms with Gasteiger partial charge in [-0.2, -0.15) is 0 Å². The van der Waals surface area contributed by atoms with E-state index in [0.717, 1.165) is 41.1 Å². The van der Waals surface area contributed by atoms with Gasteiger partial charge in [-0.15, -0.1) is 12.4 Å². The van der Waals surface area contributed by atoms with Gasteiger partial charge in [-0.25, -0.2) is 13.4 Å². The Morgan fingerprint density at radius 2 is 1.63 bits per heavy atom. The van der Waals surface area contributed by atoms with Crippen molar-refractivity contribution in [3.05, 3.63) is 83.9 Å². The van der Waals surface area contributed by atoms with Gasteiger partial charge in [0.25, 0.3) is 15.9 Å². The van der Waals surface area contributed by atoms with Crippen molar-refractivity contribution in [2.75, 3.05) is 41.9 Å². The third kappa shape index (κ3) is 5.42. The normalized spacial score (nSPS) is 13.0.